The number of rotatable bonds is 3. The van der Waals surface area contributed by atoms with Gasteiger partial charge < -0.3 is 14.5 Å². The number of hydrogen-bond donors (Lipinski definition) is 0. The van der Waals surface area contributed by atoms with Crippen LogP contribution in [0.3, 0.4) is 0 Å². The summed E-state index contributed by atoms with van der Waals surface area (Å²) in [5.74, 6) is 0.236. The number of anilines is 1. The van der Waals surface area contributed by atoms with Crippen LogP contribution in [-0.2, 0) is 9.53 Å². The molecule has 3 atom stereocenters. The van der Waals surface area contributed by atoms with Gasteiger partial charge in [-0.3, -0.25) is 9.69 Å². The molecule has 2 fully saturated rings. The van der Waals surface area contributed by atoms with Crippen LogP contribution in [0.5, 0.6) is 0 Å². The molecule has 1 amide bonds. The van der Waals surface area contributed by atoms with Crippen LogP contribution in [0.4, 0.5) is 5.13 Å². The fourth-order valence-corrected chi connectivity index (χ4v) is 4.36. The van der Waals surface area contributed by atoms with Crippen molar-refractivity contribution in [2.45, 2.75) is 45.4 Å². The molecule has 0 radical (unpaired) electrons. The number of morpholine rings is 1. The zero-order valence-electron chi connectivity index (χ0n) is 14.9. The summed E-state index contributed by atoms with van der Waals surface area (Å²) in [7, 11) is 0. The van der Waals surface area contributed by atoms with Gasteiger partial charge in [0, 0.05) is 50.8 Å². The maximum absolute atomic E-state index is 12.9. The molecule has 3 rings (SSSR count). The molecule has 1 aromatic rings. The van der Waals surface area contributed by atoms with Crippen molar-refractivity contribution in [1.82, 2.24) is 14.8 Å². The monoisotopic (exact) mass is 352 g/mol. The molecule has 7 heteroatoms. The van der Waals surface area contributed by atoms with Crippen LogP contribution in [0.15, 0.2) is 11.6 Å². The minimum atomic E-state index is -0.0706. The molecule has 0 saturated carbocycles. The SMILES string of the molecule is C[C@@H]1CN(C(=O)[C@@H](C)N2CCCN(c3nccs3)CC2)C[C@H](C)O1. The second kappa shape index (κ2) is 7.80. The fraction of sp³-hybridized carbons (Fsp3) is 0.765. The predicted octanol–water partition coefficient (Wildman–Crippen LogP) is 1.68. The van der Waals surface area contributed by atoms with Crippen molar-refractivity contribution >= 4 is 22.4 Å². The zero-order valence-corrected chi connectivity index (χ0v) is 15.7. The van der Waals surface area contributed by atoms with Gasteiger partial charge in [-0.25, -0.2) is 4.98 Å². The first-order chi connectivity index (χ1) is 11.5. The lowest BCUT2D eigenvalue weighted by molar-refractivity contribution is -0.148. The third-order valence-electron chi connectivity index (χ3n) is 4.86. The highest BCUT2D eigenvalue weighted by molar-refractivity contribution is 7.13. The summed E-state index contributed by atoms with van der Waals surface area (Å²) < 4.78 is 5.75. The Morgan fingerprint density at radius 1 is 1.25 bits per heavy atom. The number of hydrogen-bond acceptors (Lipinski definition) is 6. The highest BCUT2D eigenvalue weighted by Crippen LogP contribution is 2.20. The molecule has 0 aliphatic carbocycles. The van der Waals surface area contributed by atoms with Gasteiger partial charge in [0.05, 0.1) is 18.2 Å². The number of carbonyl (C=O) groups excluding carboxylic acids is 1. The molecule has 2 saturated heterocycles. The molecule has 3 heterocycles. The lowest BCUT2D eigenvalue weighted by Gasteiger charge is -2.38. The molecule has 0 unspecified atom stereocenters. The summed E-state index contributed by atoms with van der Waals surface area (Å²) in [6, 6.07) is -0.0706. The van der Waals surface area contributed by atoms with E-state index in [4.69, 9.17) is 4.74 Å². The summed E-state index contributed by atoms with van der Waals surface area (Å²) in [5, 5.41) is 3.11. The first-order valence-electron chi connectivity index (χ1n) is 8.87. The van der Waals surface area contributed by atoms with E-state index in [2.05, 4.69) is 14.8 Å². The summed E-state index contributed by atoms with van der Waals surface area (Å²) in [4.78, 5) is 24.0. The van der Waals surface area contributed by atoms with Crippen LogP contribution >= 0.6 is 11.3 Å². The molecule has 2 aliphatic heterocycles. The Balaban J connectivity index is 1.58. The average molecular weight is 353 g/mol. The van der Waals surface area contributed by atoms with Gasteiger partial charge in [0.2, 0.25) is 5.91 Å². The number of nitrogens with zero attached hydrogens (tertiary/aromatic N) is 4. The third kappa shape index (κ3) is 4.07. The highest BCUT2D eigenvalue weighted by Gasteiger charge is 2.32. The van der Waals surface area contributed by atoms with Gasteiger partial charge in [-0.05, 0) is 27.2 Å². The van der Waals surface area contributed by atoms with E-state index in [1.807, 2.05) is 37.2 Å². The van der Waals surface area contributed by atoms with Crippen LogP contribution in [0.25, 0.3) is 0 Å². The van der Waals surface area contributed by atoms with Gasteiger partial charge in [-0.2, -0.15) is 0 Å². The quantitative estimate of drug-likeness (QED) is 0.828. The molecule has 0 N–H and O–H groups in total. The Morgan fingerprint density at radius 2 is 2.00 bits per heavy atom. The van der Waals surface area contributed by atoms with E-state index in [-0.39, 0.29) is 24.2 Å². The van der Waals surface area contributed by atoms with Crippen LogP contribution < -0.4 is 4.90 Å². The van der Waals surface area contributed by atoms with Crippen LogP contribution in [0, 0.1) is 0 Å². The number of ether oxygens (including phenoxy) is 1. The second-order valence-electron chi connectivity index (χ2n) is 6.87. The van der Waals surface area contributed by atoms with Crippen molar-refractivity contribution in [2.75, 3.05) is 44.2 Å². The maximum atomic E-state index is 12.9. The third-order valence-corrected chi connectivity index (χ3v) is 5.69. The van der Waals surface area contributed by atoms with Crippen molar-refractivity contribution in [2.24, 2.45) is 0 Å². The lowest BCUT2D eigenvalue weighted by Crippen LogP contribution is -2.54. The standard InChI is InChI=1S/C17H28N4O2S/c1-13-11-21(12-14(2)23-13)16(22)15(3)19-6-4-7-20(9-8-19)17-18-5-10-24-17/h5,10,13-15H,4,6-9,11-12H2,1-3H3/t13-,14+,15-/m1/s1. The van der Waals surface area contributed by atoms with Crippen LogP contribution in [-0.4, -0.2) is 78.2 Å². The fourth-order valence-electron chi connectivity index (χ4n) is 3.67. The van der Waals surface area contributed by atoms with E-state index < -0.39 is 0 Å². The molecule has 0 aromatic carbocycles. The molecule has 1 aromatic heterocycles. The van der Waals surface area contributed by atoms with Crippen LogP contribution in [0.1, 0.15) is 27.2 Å². The first-order valence-corrected chi connectivity index (χ1v) is 9.75. The Bertz CT molecular complexity index is 529. The van der Waals surface area contributed by atoms with Crippen molar-refractivity contribution in [1.29, 1.82) is 0 Å². The van der Waals surface area contributed by atoms with E-state index in [0.29, 0.717) is 13.1 Å². The Morgan fingerprint density at radius 3 is 2.67 bits per heavy atom. The summed E-state index contributed by atoms with van der Waals surface area (Å²) in [6.07, 6.45) is 3.16. The van der Waals surface area contributed by atoms with Gasteiger partial charge in [-0.15, -0.1) is 11.3 Å². The molecular formula is C17H28N4O2S. The number of thiazole rings is 1. The first kappa shape index (κ1) is 17.6. The molecule has 2 aliphatic rings. The van der Waals surface area contributed by atoms with Gasteiger partial charge in [-0.1, -0.05) is 0 Å². The van der Waals surface area contributed by atoms with E-state index >= 15 is 0 Å². The molecule has 6 nitrogen and oxygen atoms in total. The maximum Gasteiger partial charge on any atom is 0.239 e. The van der Waals surface area contributed by atoms with E-state index in [9.17, 15) is 4.79 Å². The lowest BCUT2D eigenvalue weighted by atomic mass is 10.1. The molecular weight excluding hydrogens is 324 g/mol. The summed E-state index contributed by atoms with van der Waals surface area (Å²) in [5.41, 5.74) is 0. The van der Waals surface area contributed by atoms with Crippen molar-refractivity contribution in [3.63, 3.8) is 0 Å². The van der Waals surface area contributed by atoms with E-state index in [0.717, 1.165) is 37.7 Å². The summed E-state index contributed by atoms with van der Waals surface area (Å²) >= 11 is 1.69. The molecule has 24 heavy (non-hydrogen) atoms. The van der Waals surface area contributed by atoms with Gasteiger partial charge in [0.15, 0.2) is 5.13 Å². The van der Waals surface area contributed by atoms with Gasteiger partial charge in [0.1, 0.15) is 0 Å². The van der Waals surface area contributed by atoms with Crippen molar-refractivity contribution in [3.05, 3.63) is 11.6 Å². The predicted molar refractivity (Wildman–Crippen MR) is 96.6 cm³/mol. The largest absolute Gasteiger partial charge is 0.372 e. The summed E-state index contributed by atoms with van der Waals surface area (Å²) in [6.45, 7) is 11.3. The smallest absolute Gasteiger partial charge is 0.239 e. The minimum Gasteiger partial charge on any atom is -0.372 e. The highest BCUT2D eigenvalue weighted by atomic mass is 32.1. The van der Waals surface area contributed by atoms with Crippen molar-refractivity contribution < 1.29 is 9.53 Å². The van der Waals surface area contributed by atoms with E-state index in [1.165, 1.54) is 0 Å². The Hall–Kier alpha value is -1.18. The Kier molecular flexibility index (Phi) is 5.73. The van der Waals surface area contributed by atoms with Gasteiger partial charge >= 0.3 is 0 Å². The number of aromatic nitrogens is 1. The van der Waals surface area contributed by atoms with Crippen LogP contribution in [0.2, 0.25) is 0 Å². The zero-order chi connectivity index (χ0) is 17.1. The normalized spacial score (nSPS) is 27.8. The molecule has 0 spiro atoms. The minimum absolute atomic E-state index is 0.0706. The topological polar surface area (TPSA) is 48.9 Å². The second-order valence-corrected chi connectivity index (χ2v) is 7.74. The molecule has 0 bridgehead atoms. The Labute approximate surface area is 148 Å². The number of carbonyl (C=O) groups is 1. The molecule has 134 valence electrons. The van der Waals surface area contributed by atoms with Crippen molar-refractivity contribution in [3.8, 4) is 0 Å². The number of amides is 1. The van der Waals surface area contributed by atoms with E-state index in [1.54, 1.807) is 11.3 Å². The van der Waals surface area contributed by atoms with Gasteiger partial charge in [0.25, 0.3) is 0 Å². The average Bonchev–Trinajstić information content (AvgIpc) is 2.97.